The van der Waals surface area contributed by atoms with Crippen molar-refractivity contribution in [1.29, 1.82) is 0 Å². The summed E-state index contributed by atoms with van der Waals surface area (Å²) in [5, 5.41) is 5.63. The highest BCUT2D eigenvalue weighted by Gasteiger charge is 2.16. The molecular weight excluding hydrogens is 278 g/mol. The van der Waals surface area contributed by atoms with Gasteiger partial charge < -0.3 is 16.4 Å². The van der Waals surface area contributed by atoms with Gasteiger partial charge in [-0.3, -0.25) is 9.59 Å². The Bertz CT molecular complexity index is 539. The first-order valence-corrected chi connectivity index (χ1v) is 7.68. The molecule has 4 N–H and O–H groups in total. The maximum Gasteiger partial charge on any atom is 0.251 e. The topological polar surface area (TPSA) is 84.2 Å². The van der Waals surface area contributed by atoms with Crippen molar-refractivity contribution in [2.75, 3.05) is 5.32 Å². The van der Waals surface area contributed by atoms with Crippen LogP contribution in [0.15, 0.2) is 18.2 Å². The van der Waals surface area contributed by atoms with Gasteiger partial charge in [-0.05, 0) is 50.8 Å². The van der Waals surface area contributed by atoms with Gasteiger partial charge in [-0.2, -0.15) is 0 Å². The molecule has 0 aliphatic heterocycles. The van der Waals surface area contributed by atoms with Crippen LogP contribution in [0.4, 0.5) is 5.69 Å². The number of carbonyl (C=O) groups excluding carboxylic acids is 2. The van der Waals surface area contributed by atoms with Gasteiger partial charge >= 0.3 is 0 Å². The minimum atomic E-state index is -0.547. The van der Waals surface area contributed by atoms with E-state index in [4.69, 9.17) is 5.73 Å². The number of nitrogens with two attached hydrogens (primary N) is 1. The SMILES string of the molecule is Cc1ccc(NC(=O)[C@@H](N)CC(C)C)cc1C(=O)NC(C)C. The van der Waals surface area contributed by atoms with Gasteiger partial charge in [0.1, 0.15) is 0 Å². The number of amides is 2. The second-order valence-electron chi connectivity index (χ2n) is 6.38. The first kappa shape index (κ1) is 18.2. The van der Waals surface area contributed by atoms with E-state index in [1.807, 2.05) is 40.7 Å². The average molecular weight is 305 g/mol. The molecule has 5 heteroatoms. The van der Waals surface area contributed by atoms with Gasteiger partial charge in [-0.25, -0.2) is 0 Å². The minimum Gasteiger partial charge on any atom is -0.350 e. The standard InChI is InChI=1S/C17H27N3O2/c1-10(2)8-15(18)17(22)20-13-7-6-12(5)14(9-13)16(21)19-11(3)4/h6-7,9-11,15H,8,18H2,1-5H3,(H,19,21)(H,20,22)/t15-/m0/s1. The Hall–Kier alpha value is -1.88. The summed E-state index contributed by atoms with van der Waals surface area (Å²) in [7, 11) is 0. The summed E-state index contributed by atoms with van der Waals surface area (Å²) in [4.78, 5) is 24.2. The highest BCUT2D eigenvalue weighted by atomic mass is 16.2. The predicted octanol–water partition coefficient (Wildman–Crippen LogP) is 2.45. The number of aryl methyl sites for hydroxylation is 1. The van der Waals surface area contributed by atoms with Crippen LogP contribution in [0.25, 0.3) is 0 Å². The van der Waals surface area contributed by atoms with Crippen LogP contribution in [0.2, 0.25) is 0 Å². The summed E-state index contributed by atoms with van der Waals surface area (Å²) in [6.45, 7) is 9.72. The molecule has 1 rings (SSSR count). The van der Waals surface area contributed by atoms with E-state index in [1.54, 1.807) is 12.1 Å². The van der Waals surface area contributed by atoms with E-state index < -0.39 is 6.04 Å². The zero-order valence-electron chi connectivity index (χ0n) is 14.1. The van der Waals surface area contributed by atoms with Gasteiger partial charge in [-0.15, -0.1) is 0 Å². The highest BCUT2D eigenvalue weighted by molar-refractivity contribution is 5.99. The van der Waals surface area contributed by atoms with Crippen LogP contribution in [0.1, 0.15) is 50.0 Å². The number of rotatable bonds is 6. The first-order chi connectivity index (χ1) is 10.2. The fourth-order valence-electron chi connectivity index (χ4n) is 2.13. The molecule has 0 aromatic heterocycles. The average Bonchev–Trinajstić information content (AvgIpc) is 2.39. The summed E-state index contributed by atoms with van der Waals surface area (Å²) in [5.74, 6) is -0.0194. The Kier molecular flexibility index (Phi) is 6.56. The largest absolute Gasteiger partial charge is 0.350 e. The van der Waals surface area contributed by atoms with Crippen LogP contribution in [-0.2, 0) is 4.79 Å². The molecule has 0 aliphatic rings. The van der Waals surface area contributed by atoms with Crippen molar-refractivity contribution in [3.63, 3.8) is 0 Å². The zero-order valence-corrected chi connectivity index (χ0v) is 14.1. The molecule has 0 heterocycles. The van der Waals surface area contributed by atoms with E-state index in [9.17, 15) is 9.59 Å². The molecule has 122 valence electrons. The molecule has 0 fully saturated rings. The van der Waals surface area contributed by atoms with Crippen molar-refractivity contribution < 1.29 is 9.59 Å². The Labute approximate surface area is 132 Å². The molecule has 1 atom stereocenters. The van der Waals surface area contributed by atoms with Crippen LogP contribution >= 0.6 is 0 Å². The van der Waals surface area contributed by atoms with E-state index in [-0.39, 0.29) is 17.9 Å². The predicted molar refractivity (Wildman–Crippen MR) is 89.8 cm³/mol. The van der Waals surface area contributed by atoms with Crippen molar-refractivity contribution >= 4 is 17.5 Å². The highest BCUT2D eigenvalue weighted by Crippen LogP contribution is 2.16. The van der Waals surface area contributed by atoms with Crippen molar-refractivity contribution in [3.8, 4) is 0 Å². The molecule has 1 aromatic rings. The third-order valence-electron chi connectivity index (χ3n) is 3.23. The monoisotopic (exact) mass is 305 g/mol. The third-order valence-corrected chi connectivity index (χ3v) is 3.23. The van der Waals surface area contributed by atoms with E-state index in [0.717, 1.165) is 5.56 Å². The van der Waals surface area contributed by atoms with E-state index in [0.29, 0.717) is 23.6 Å². The normalized spacial score (nSPS) is 12.4. The second-order valence-corrected chi connectivity index (χ2v) is 6.38. The Morgan fingerprint density at radius 3 is 2.36 bits per heavy atom. The van der Waals surface area contributed by atoms with Gasteiger partial charge in [-0.1, -0.05) is 19.9 Å². The van der Waals surface area contributed by atoms with E-state index >= 15 is 0 Å². The first-order valence-electron chi connectivity index (χ1n) is 7.68. The van der Waals surface area contributed by atoms with E-state index in [2.05, 4.69) is 10.6 Å². The summed E-state index contributed by atoms with van der Waals surface area (Å²) in [6, 6.07) is 4.80. The van der Waals surface area contributed by atoms with Crippen molar-refractivity contribution in [2.45, 2.75) is 53.1 Å². The Balaban J connectivity index is 2.85. The number of hydrogen-bond acceptors (Lipinski definition) is 3. The summed E-state index contributed by atoms with van der Waals surface area (Å²) < 4.78 is 0. The lowest BCUT2D eigenvalue weighted by Gasteiger charge is -2.16. The number of nitrogens with one attached hydrogen (secondary N) is 2. The lowest BCUT2D eigenvalue weighted by atomic mass is 10.0. The molecule has 22 heavy (non-hydrogen) atoms. The molecule has 0 unspecified atom stereocenters. The maximum absolute atomic E-state index is 12.1. The lowest BCUT2D eigenvalue weighted by molar-refractivity contribution is -0.117. The second kappa shape index (κ2) is 7.94. The van der Waals surface area contributed by atoms with Crippen LogP contribution < -0.4 is 16.4 Å². The fraction of sp³-hybridized carbons (Fsp3) is 0.529. The van der Waals surface area contributed by atoms with Gasteiger partial charge in [0, 0.05) is 17.3 Å². The molecule has 0 spiro atoms. The fourth-order valence-corrected chi connectivity index (χ4v) is 2.13. The number of carbonyl (C=O) groups is 2. The number of hydrogen-bond donors (Lipinski definition) is 3. The van der Waals surface area contributed by atoms with Crippen LogP contribution in [-0.4, -0.2) is 23.9 Å². The third kappa shape index (κ3) is 5.48. The molecule has 0 bridgehead atoms. The van der Waals surface area contributed by atoms with Gasteiger partial charge in [0.15, 0.2) is 0 Å². The van der Waals surface area contributed by atoms with Crippen LogP contribution in [0.5, 0.6) is 0 Å². The minimum absolute atomic E-state index is 0.0598. The summed E-state index contributed by atoms with van der Waals surface area (Å²) in [6.07, 6.45) is 0.623. The summed E-state index contributed by atoms with van der Waals surface area (Å²) in [5.41, 5.74) is 7.88. The number of anilines is 1. The molecule has 0 saturated heterocycles. The van der Waals surface area contributed by atoms with Crippen LogP contribution in [0.3, 0.4) is 0 Å². The maximum atomic E-state index is 12.1. The summed E-state index contributed by atoms with van der Waals surface area (Å²) >= 11 is 0. The molecule has 2 amide bonds. The van der Waals surface area contributed by atoms with Crippen molar-refractivity contribution in [3.05, 3.63) is 29.3 Å². The molecule has 1 aromatic carbocycles. The number of benzene rings is 1. The smallest absolute Gasteiger partial charge is 0.251 e. The molecule has 0 radical (unpaired) electrons. The Morgan fingerprint density at radius 1 is 1.18 bits per heavy atom. The zero-order chi connectivity index (χ0) is 16.9. The van der Waals surface area contributed by atoms with Crippen molar-refractivity contribution in [1.82, 2.24) is 5.32 Å². The van der Waals surface area contributed by atoms with Gasteiger partial charge in [0.05, 0.1) is 6.04 Å². The Morgan fingerprint density at radius 2 is 1.82 bits per heavy atom. The van der Waals surface area contributed by atoms with Gasteiger partial charge in [0.25, 0.3) is 5.91 Å². The lowest BCUT2D eigenvalue weighted by Crippen LogP contribution is -2.36. The van der Waals surface area contributed by atoms with E-state index in [1.165, 1.54) is 0 Å². The quantitative estimate of drug-likeness (QED) is 0.754. The molecule has 5 nitrogen and oxygen atoms in total. The van der Waals surface area contributed by atoms with Gasteiger partial charge in [0.2, 0.25) is 5.91 Å². The molecule has 0 aliphatic carbocycles. The molecular formula is C17H27N3O2. The van der Waals surface area contributed by atoms with Crippen LogP contribution in [0, 0.1) is 12.8 Å². The van der Waals surface area contributed by atoms with Crippen molar-refractivity contribution in [2.24, 2.45) is 11.7 Å². The molecule has 0 saturated carbocycles.